The normalized spacial score (nSPS) is 10.7. The Bertz CT molecular complexity index is 662. The van der Waals surface area contributed by atoms with Gasteiger partial charge in [0.05, 0.1) is 0 Å². The van der Waals surface area contributed by atoms with Crippen LogP contribution in [0.15, 0.2) is 30.6 Å². The van der Waals surface area contributed by atoms with Crippen LogP contribution in [0.3, 0.4) is 0 Å². The highest BCUT2D eigenvalue weighted by atomic mass is 16.1. The van der Waals surface area contributed by atoms with Gasteiger partial charge in [0.25, 0.3) is 5.91 Å². The molecule has 122 valence electrons. The molecule has 5 nitrogen and oxygen atoms in total. The molecule has 0 saturated heterocycles. The third kappa shape index (κ3) is 4.77. The topological polar surface area (TPSA) is 66.9 Å². The van der Waals surface area contributed by atoms with Gasteiger partial charge < -0.3 is 10.6 Å². The molecule has 0 saturated carbocycles. The first-order chi connectivity index (χ1) is 11.0. The fourth-order valence-electron chi connectivity index (χ4n) is 2.26. The number of rotatable bonds is 6. The predicted molar refractivity (Wildman–Crippen MR) is 93.8 cm³/mol. The molecule has 23 heavy (non-hydrogen) atoms. The summed E-state index contributed by atoms with van der Waals surface area (Å²) in [4.78, 5) is 20.7. The van der Waals surface area contributed by atoms with Crippen LogP contribution in [-0.2, 0) is 0 Å². The van der Waals surface area contributed by atoms with Crippen molar-refractivity contribution in [2.45, 2.75) is 34.1 Å². The highest BCUT2D eigenvalue weighted by Gasteiger charge is 2.12. The second kappa shape index (κ2) is 7.72. The van der Waals surface area contributed by atoms with Gasteiger partial charge in [0.2, 0.25) is 0 Å². The van der Waals surface area contributed by atoms with E-state index in [4.69, 9.17) is 0 Å². The smallest absolute Gasteiger partial charge is 0.274 e. The van der Waals surface area contributed by atoms with Gasteiger partial charge in [-0.05, 0) is 37.3 Å². The van der Waals surface area contributed by atoms with E-state index >= 15 is 0 Å². The second-order valence-corrected chi connectivity index (χ2v) is 6.12. The van der Waals surface area contributed by atoms with Crippen molar-refractivity contribution >= 4 is 17.4 Å². The van der Waals surface area contributed by atoms with Gasteiger partial charge >= 0.3 is 0 Å². The summed E-state index contributed by atoms with van der Waals surface area (Å²) in [6, 6.07) is 7.61. The molecule has 0 unspecified atom stereocenters. The van der Waals surface area contributed by atoms with Crippen molar-refractivity contribution in [3.05, 3.63) is 47.4 Å². The van der Waals surface area contributed by atoms with Crippen LogP contribution in [0.25, 0.3) is 0 Å². The number of carbonyl (C=O) groups is 1. The van der Waals surface area contributed by atoms with Crippen LogP contribution < -0.4 is 10.6 Å². The van der Waals surface area contributed by atoms with Crippen molar-refractivity contribution in [2.24, 2.45) is 5.92 Å². The first kappa shape index (κ1) is 16.9. The van der Waals surface area contributed by atoms with Crippen molar-refractivity contribution in [3.8, 4) is 0 Å². The highest BCUT2D eigenvalue weighted by Crippen LogP contribution is 2.20. The maximum atomic E-state index is 12.4. The van der Waals surface area contributed by atoms with Crippen LogP contribution in [0.2, 0.25) is 0 Å². The van der Waals surface area contributed by atoms with Gasteiger partial charge in [0, 0.05) is 18.3 Å². The number of hydrogen-bond acceptors (Lipinski definition) is 4. The van der Waals surface area contributed by atoms with Gasteiger partial charge in [0.15, 0.2) is 0 Å². The minimum absolute atomic E-state index is 0.225. The van der Waals surface area contributed by atoms with Crippen LogP contribution in [0.1, 0.15) is 41.9 Å². The summed E-state index contributed by atoms with van der Waals surface area (Å²) in [6.07, 6.45) is 2.46. The molecule has 0 fully saturated rings. The Morgan fingerprint density at radius 3 is 2.52 bits per heavy atom. The van der Waals surface area contributed by atoms with E-state index < -0.39 is 0 Å². The maximum absolute atomic E-state index is 12.4. The monoisotopic (exact) mass is 312 g/mol. The Balaban J connectivity index is 2.08. The number of amides is 1. The number of hydrogen-bond donors (Lipinski definition) is 2. The van der Waals surface area contributed by atoms with Crippen molar-refractivity contribution in [1.29, 1.82) is 0 Å². The Morgan fingerprint density at radius 2 is 1.87 bits per heavy atom. The number of aryl methyl sites for hydroxylation is 2. The van der Waals surface area contributed by atoms with Crippen LogP contribution in [0.4, 0.5) is 11.5 Å². The minimum Gasteiger partial charge on any atom is -0.370 e. The van der Waals surface area contributed by atoms with Gasteiger partial charge in [-0.1, -0.05) is 32.0 Å². The van der Waals surface area contributed by atoms with Gasteiger partial charge in [-0.2, -0.15) is 0 Å². The highest BCUT2D eigenvalue weighted by molar-refractivity contribution is 6.04. The number of nitrogens with one attached hydrogen (secondary N) is 2. The standard InChI is InChI=1S/C18H24N4O/c1-12(2)8-9-19-16-10-15(20-11-21-16)18(23)22-17-13(3)6-5-7-14(17)4/h5-7,10-12H,8-9H2,1-4H3,(H,22,23)(H,19,20,21). The van der Waals surface area contributed by atoms with Gasteiger partial charge in [-0.15, -0.1) is 0 Å². The number of benzene rings is 1. The Labute approximate surface area is 137 Å². The molecule has 1 amide bonds. The van der Waals surface area contributed by atoms with E-state index in [0.29, 0.717) is 17.4 Å². The molecular weight excluding hydrogens is 288 g/mol. The molecule has 0 aliphatic carbocycles. The van der Waals surface area contributed by atoms with Crippen molar-refractivity contribution in [2.75, 3.05) is 17.2 Å². The van der Waals surface area contributed by atoms with Crippen molar-refractivity contribution in [3.63, 3.8) is 0 Å². The van der Waals surface area contributed by atoms with Crippen LogP contribution >= 0.6 is 0 Å². The lowest BCUT2D eigenvalue weighted by atomic mass is 10.1. The molecule has 0 radical (unpaired) electrons. The summed E-state index contributed by atoms with van der Waals surface area (Å²) >= 11 is 0. The predicted octanol–water partition coefficient (Wildman–Crippen LogP) is 3.80. The molecule has 2 aromatic rings. The summed E-state index contributed by atoms with van der Waals surface area (Å²) in [6.45, 7) is 9.12. The number of aromatic nitrogens is 2. The molecule has 1 heterocycles. The molecular formula is C18H24N4O. The number of anilines is 2. The lowest BCUT2D eigenvalue weighted by Gasteiger charge is -2.12. The van der Waals surface area contributed by atoms with Gasteiger partial charge in [-0.25, -0.2) is 9.97 Å². The quantitative estimate of drug-likeness (QED) is 0.851. The molecule has 1 aromatic heterocycles. The molecule has 0 bridgehead atoms. The summed E-state index contributed by atoms with van der Waals surface area (Å²) in [5, 5.41) is 6.17. The zero-order valence-electron chi connectivity index (χ0n) is 14.2. The molecule has 0 atom stereocenters. The van der Waals surface area contributed by atoms with Crippen LogP contribution in [-0.4, -0.2) is 22.4 Å². The fraction of sp³-hybridized carbons (Fsp3) is 0.389. The van der Waals surface area contributed by atoms with E-state index in [1.165, 1.54) is 6.33 Å². The zero-order valence-corrected chi connectivity index (χ0v) is 14.2. The molecule has 0 spiro atoms. The fourth-order valence-corrected chi connectivity index (χ4v) is 2.26. The molecule has 2 N–H and O–H groups in total. The third-order valence-electron chi connectivity index (χ3n) is 3.65. The Morgan fingerprint density at radius 1 is 1.17 bits per heavy atom. The largest absolute Gasteiger partial charge is 0.370 e. The average Bonchev–Trinajstić information content (AvgIpc) is 2.51. The van der Waals surface area contributed by atoms with Crippen LogP contribution in [0, 0.1) is 19.8 Å². The first-order valence-electron chi connectivity index (χ1n) is 7.91. The number of carbonyl (C=O) groups excluding carboxylic acids is 1. The maximum Gasteiger partial charge on any atom is 0.274 e. The summed E-state index contributed by atoms with van der Waals surface area (Å²) < 4.78 is 0. The summed E-state index contributed by atoms with van der Waals surface area (Å²) in [7, 11) is 0. The molecule has 2 rings (SSSR count). The van der Waals surface area contributed by atoms with E-state index in [-0.39, 0.29) is 5.91 Å². The van der Waals surface area contributed by atoms with E-state index in [2.05, 4.69) is 34.4 Å². The van der Waals surface area contributed by atoms with E-state index in [1.807, 2.05) is 32.0 Å². The van der Waals surface area contributed by atoms with Crippen molar-refractivity contribution < 1.29 is 4.79 Å². The third-order valence-corrected chi connectivity index (χ3v) is 3.65. The minimum atomic E-state index is -0.225. The number of para-hydroxylation sites is 1. The molecule has 5 heteroatoms. The Hall–Kier alpha value is -2.43. The van der Waals surface area contributed by atoms with E-state index in [0.717, 1.165) is 29.8 Å². The SMILES string of the molecule is Cc1cccc(C)c1NC(=O)c1cc(NCCC(C)C)ncn1. The Kier molecular flexibility index (Phi) is 5.68. The van der Waals surface area contributed by atoms with E-state index in [1.54, 1.807) is 6.07 Å². The molecule has 1 aromatic carbocycles. The average molecular weight is 312 g/mol. The summed E-state index contributed by atoms with van der Waals surface area (Å²) in [5.41, 5.74) is 3.26. The second-order valence-electron chi connectivity index (χ2n) is 6.12. The molecule has 0 aliphatic heterocycles. The van der Waals surface area contributed by atoms with Gasteiger partial charge in [-0.3, -0.25) is 4.79 Å². The zero-order chi connectivity index (χ0) is 16.8. The van der Waals surface area contributed by atoms with Crippen LogP contribution in [0.5, 0.6) is 0 Å². The molecule has 0 aliphatic rings. The van der Waals surface area contributed by atoms with E-state index in [9.17, 15) is 4.79 Å². The number of nitrogens with zero attached hydrogens (tertiary/aromatic N) is 2. The first-order valence-corrected chi connectivity index (χ1v) is 7.91. The lowest BCUT2D eigenvalue weighted by Crippen LogP contribution is -2.16. The van der Waals surface area contributed by atoms with Crippen molar-refractivity contribution in [1.82, 2.24) is 9.97 Å². The lowest BCUT2D eigenvalue weighted by molar-refractivity contribution is 0.102. The van der Waals surface area contributed by atoms with Gasteiger partial charge in [0.1, 0.15) is 17.8 Å². The summed E-state index contributed by atoms with van der Waals surface area (Å²) in [5.74, 6) is 1.07.